The van der Waals surface area contributed by atoms with Crippen LogP contribution in [0.4, 0.5) is 5.69 Å². The Morgan fingerprint density at radius 3 is 2.30 bits per heavy atom. The van der Waals surface area contributed by atoms with Gasteiger partial charge in [0.25, 0.3) is 0 Å². The molecule has 0 bridgehead atoms. The number of anilines is 1. The van der Waals surface area contributed by atoms with E-state index in [0.29, 0.717) is 0 Å². The quantitative estimate of drug-likeness (QED) is 0.708. The van der Waals surface area contributed by atoms with Crippen LogP contribution >= 0.6 is 0 Å². The van der Waals surface area contributed by atoms with E-state index in [-0.39, 0.29) is 0 Å². The number of fused-ring (bicyclic) bond motifs is 1. The van der Waals surface area contributed by atoms with Crippen LogP contribution in [0.5, 0.6) is 0 Å². The van der Waals surface area contributed by atoms with Crippen molar-refractivity contribution in [2.24, 2.45) is 0 Å². The molecule has 1 unspecified atom stereocenters. The van der Waals surface area contributed by atoms with Crippen LogP contribution in [0.15, 0.2) is 72.8 Å². The fraction of sp³-hybridized carbons (Fsp3) is 0.238. The molecule has 1 N–H and O–H groups in total. The van der Waals surface area contributed by atoms with Gasteiger partial charge in [0.05, 0.1) is 6.10 Å². The van der Waals surface area contributed by atoms with Crippen molar-refractivity contribution in [3.63, 3.8) is 0 Å². The predicted octanol–water partition coefficient (Wildman–Crippen LogP) is 4.79. The molecule has 23 heavy (non-hydrogen) atoms. The van der Waals surface area contributed by atoms with Crippen LogP contribution < -0.4 is 4.90 Å². The van der Waals surface area contributed by atoms with Crippen molar-refractivity contribution in [1.29, 1.82) is 0 Å². The summed E-state index contributed by atoms with van der Waals surface area (Å²) in [5.74, 6) is 0. The Balaban J connectivity index is 1.69. The van der Waals surface area contributed by atoms with E-state index in [9.17, 15) is 5.11 Å². The van der Waals surface area contributed by atoms with Crippen molar-refractivity contribution in [3.8, 4) is 0 Å². The number of hydrogen-bond donors (Lipinski definition) is 1. The minimum Gasteiger partial charge on any atom is -0.388 e. The topological polar surface area (TPSA) is 23.5 Å². The van der Waals surface area contributed by atoms with E-state index in [1.54, 1.807) is 0 Å². The first-order valence-corrected chi connectivity index (χ1v) is 8.24. The zero-order valence-corrected chi connectivity index (χ0v) is 13.5. The molecular formula is C21H23NO. The van der Waals surface area contributed by atoms with Gasteiger partial charge in [-0.25, -0.2) is 0 Å². The molecule has 0 spiro atoms. The van der Waals surface area contributed by atoms with E-state index in [1.807, 2.05) is 24.3 Å². The molecule has 0 radical (unpaired) electrons. The molecule has 0 amide bonds. The number of nitrogens with zero attached hydrogens (tertiary/aromatic N) is 1. The van der Waals surface area contributed by atoms with E-state index in [2.05, 4.69) is 60.4 Å². The second-order valence-corrected chi connectivity index (χ2v) is 5.83. The van der Waals surface area contributed by atoms with Gasteiger partial charge >= 0.3 is 0 Å². The number of aliphatic hydroxyl groups is 1. The smallest absolute Gasteiger partial charge is 0.0807 e. The second kappa shape index (κ2) is 7.30. The Hall–Kier alpha value is -2.32. The van der Waals surface area contributed by atoms with Crippen molar-refractivity contribution in [2.75, 3.05) is 18.0 Å². The molecule has 2 nitrogen and oxygen atoms in total. The maximum absolute atomic E-state index is 10.5. The minimum atomic E-state index is -0.433. The van der Waals surface area contributed by atoms with Crippen molar-refractivity contribution < 1.29 is 5.11 Å². The SMILES string of the molecule is CCN(CCC(O)c1ccc2ccccc2c1)c1ccccc1. The molecule has 0 saturated heterocycles. The lowest BCUT2D eigenvalue weighted by molar-refractivity contribution is 0.169. The molecule has 0 aliphatic rings. The highest BCUT2D eigenvalue weighted by Gasteiger charge is 2.11. The maximum Gasteiger partial charge on any atom is 0.0807 e. The van der Waals surface area contributed by atoms with Gasteiger partial charge in [0.2, 0.25) is 0 Å². The molecule has 0 aliphatic carbocycles. The van der Waals surface area contributed by atoms with Gasteiger partial charge in [-0.3, -0.25) is 0 Å². The molecule has 0 aromatic heterocycles. The van der Waals surface area contributed by atoms with Crippen LogP contribution in [-0.2, 0) is 0 Å². The van der Waals surface area contributed by atoms with Gasteiger partial charge in [0, 0.05) is 18.8 Å². The summed E-state index contributed by atoms with van der Waals surface area (Å²) in [7, 11) is 0. The third kappa shape index (κ3) is 3.72. The molecule has 0 fully saturated rings. The normalized spacial score (nSPS) is 12.3. The summed E-state index contributed by atoms with van der Waals surface area (Å²) >= 11 is 0. The number of aliphatic hydroxyl groups excluding tert-OH is 1. The highest BCUT2D eigenvalue weighted by Crippen LogP contribution is 2.23. The highest BCUT2D eigenvalue weighted by molar-refractivity contribution is 5.83. The van der Waals surface area contributed by atoms with Crippen molar-refractivity contribution in [1.82, 2.24) is 0 Å². The van der Waals surface area contributed by atoms with Crippen molar-refractivity contribution in [2.45, 2.75) is 19.4 Å². The van der Waals surface area contributed by atoms with Gasteiger partial charge in [0.1, 0.15) is 0 Å². The van der Waals surface area contributed by atoms with Gasteiger partial charge in [-0.05, 0) is 47.9 Å². The third-order valence-electron chi connectivity index (χ3n) is 4.33. The molecule has 0 aliphatic heterocycles. The van der Waals surface area contributed by atoms with Crippen molar-refractivity contribution in [3.05, 3.63) is 78.4 Å². The van der Waals surface area contributed by atoms with E-state index >= 15 is 0 Å². The van der Waals surface area contributed by atoms with Crippen LogP contribution in [0.1, 0.15) is 25.0 Å². The van der Waals surface area contributed by atoms with Gasteiger partial charge in [-0.15, -0.1) is 0 Å². The van der Waals surface area contributed by atoms with Crippen LogP contribution in [-0.4, -0.2) is 18.2 Å². The number of rotatable bonds is 6. The Bertz CT molecular complexity index is 754. The zero-order chi connectivity index (χ0) is 16.1. The molecule has 3 aromatic carbocycles. The Morgan fingerprint density at radius 1 is 0.870 bits per heavy atom. The highest BCUT2D eigenvalue weighted by atomic mass is 16.3. The fourth-order valence-electron chi connectivity index (χ4n) is 2.97. The van der Waals surface area contributed by atoms with Gasteiger partial charge in [-0.1, -0.05) is 54.6 Å². The summed E-state index contributed by atoms with van der Waals surface area (Å²) in [6.07, 6.45) is 0.290. The van der Waals surface area contributed by atoms with E-state index in [1.165, 1.54) is 16.5 Å². The van der Waals surface area contributed by atoms with E-state index in [0.717, 1.165) is 25.1 Å². The first kappa shape index (κ1) is 15.6. The standard InChI is InChI=1S/C21H23NO/c1-2-22(20-10-4-3-5-11-20)15-14-21(23)19-13-12-17-8-6-7-9-18(17)16-19/h3-13,16,21,23H,2,14-15H2,1H3. The number of hydrogen-bond acceptors (Lipinski definition) is 2. The summed E-state index contributed by atoms with van der Waals surface area (Å²) in [6.45, 7) is 3.93. The summed E-state index contributed by atoms with van der Waals surface area (Å²) in [6, 6.07) is 24.8. The molecular weight excluding hydrogens is 282 g/mol. The fourth-order valence-corrected chi connectivity index (χ4v) is 2.97. The molecule has 0 heterocycles. The van der Waals surface area contributed by atoms with Crippen LogP contribution in [0.3, 0.4) is 0 Å². The van der Waals surface area contributed by atoms with Gasteiger partial charge in [0.15, 0.2) is 0 Å². The lowest BCUT2D eigenvalue weighted by Crippen LogP contribution is -2.25. The predicted molar refractivity (Wildman–Crippen MR) is 97.9 cm³/mol. The lowest BCUT2D eigenvalue weighted by atomic mass is 10.0. The Kier molecular flexibility index (Phi) is 4.94. The average Bonchev–Trinajstić information content (AvgIpc) is 2.62. The first-order chi connectivity index (χ1) is 11.3. The third-order valence-corrected chi connectivity index (χ3v) is 4.33. The second-order valence-electron chi connectivity index (χ2n) is 5.83. The summed E-state index contributed by atoms with van der Waals surface area (Å²) < 4.78 is 0. The van der Waals surface area contributed by atoms with E-state index in [4.69, 9.17) is 0 Å². The molecule has 2 heteroatoms. The van der Waals surface area contributed by atoms with Crippen molar-refractivity contribution >= 4 is 16.5 Å². The maximum atomic E-state index is 10.5. The van der Waals surface area contributed by atoms with Gasteiger partial charge < -0.3 is 10.0 Å². The monoisotopic (exact) mass is 305 g/mol. The average molecular weight is 305 g/mol. The Morgan fingerprint density at radius 2 is 1.57 bits per heavy atom. The molecule has 1 atom stereocenters. The number of para-hydroxylation sites is 1. The summed E-state index contributed by atoms with van der Waals surface area (Å²) in [4.78, 5) is 2.30. The van der Waals surface area contributed by atoms with Crippen LogP contribution in [0.2, 0.25) is 0 Å². The van der Waals surface area contributed by atoms with Crippen LogP contribution in [0, 0.1) is 0 Å². The number of benzene rings is 3. The summed E-state index contributed by atoms with van der Waals surface area (Å²) in [5.41, 5.74) is 2.20. The molecule has 0 saturated carbocycles. The summed E-state index contributed by atoms with van der Waals surface area (Å²) in [5, 5.41) is 12.9. The zero-order valence-electron chi connectivity index (χ0n) is 13.5. The molecule has 118 valence electrons. The Labute approximate surface area is 138 Å². The largest absolute Gasteiger partial charge is 0.388 e. The molecule has 3 aromatic rings. The molecule has 3 rings (SSSR count). The first-order valence-electron chi connectivity index (χ1n) is 8.24. The van der Waals surface area contributed by atoms with E-state index < -0.39 is 6.10 Å². The minimum absolute atomic E-state index is 0.433. The van der Waals surface area contributed by atoms with Crippen LogP contribution in [0.25, 0.3) is 10.8 Å². The lowest BCUT2D eigenvalue weighted by Gasteiger charge is -2.24. The van der Waals surface area contributed by atoms with Gasteiger partial charge in [-0.2, -0.15) is 0 Å².